The Morgan fingerprint density at radius 2 is 2.10 bits per heavy atom. The molecule has 0 aromatic heterocycles. The number of rotatable bonds is 6. The average molecular weight is 278 g/mol. The molecular formula is C14H18N2O4. The molecular weight excluding hydrogens is 260 g/mol. The van der Waals surface area contributed by atoms with Crippen molar-refractivity contribution < 1.29 is 19.4 Å². The van der Waals surface area contributed by atoms with E-state index in [1.807, 2.05) is 0 Å². The summed E-state index contributed by atoms with van der Waals surface area (Å²) in [7, 11) is 0. The molecule has 108 valence electrons. The largest absolute Gasteiger partial charge is 0.480 e. The van der Waals surface area contributed by atoms with E-state index in [1.165, 1.54) is 0 Å². The Morgan fingerprint density at radius 3 is 2.75 bits per heavy atom. The van der Waals surface area contributed by atoms with Crippen molar-refractivity contribution in [1.29, 1.82) is 0 Å². The van der Waals surface area contributed by atoms with Gasteiger partial charge in [0.05, 0.1) is 5.69 Å². The first-order chi connectivity index (χ1) is 9.56. The molecule has 0 aliphatic heterocycles. The number of carboxylic acid groups (broad SMARTS) is 1. The number of ether oxygens (including phenoxy) is 1. The Bertz CT molecular complexity index is 504. The van der Waals surface area contributed by atoms with Crippen LogP contribution < -0.4 is 15.4 Å². The topological polar surface area (TPSA) is 87.7 Å². The predicted molar refractivity (Wildman–Crippen MR) is 73.9 cm³/mol. The molecule has 20 heavy (non-hydrogen) atoms. The normalized spacial score (nSPS) is 20.1. The van der Waals surface area contributed by atoms with Crippen LogP contribution in [0.2, 0.25) is 0 Å². The maximum Gasteiger partial charge on any atom is 0.341 e. The molecule has 2 unspecified atom stereocenters. The van der Waals surface area contributed by atoms with Crippen molar-refractivity contribution in [2.75, 3.05) is 18.5 Å². The third-order valence-electron chi connectivity index (χ3n) is 3.29. The maximum atomic E-state index is 11.7. The highest BCUT2D eigenvalue weighted by Gasteiger charge is 2.32. The molecule has 1 fully saturated rings. The fourth-order valence-corrected chi connectivity index (χ4v) is 1.91. The van der Waals surface area contributed by atoms with Crippen molar-refractivity contribution in [3.63, 3.8) is 0 Å². The van der Waals surface area contributed by atoms with Crippen LogP contribution in [-0.2, 0) is 4.79 Å². The molecule has 1 aliphatic carbocycles. The lowest BCUT2D eigenvalue weighted by Gasteiger charge is -2.11. The molecule has 1 saturated carbocycles. The highest BCUT2D eigenvalue weighted by Crippen LogP contribution is 2.36. The standard InChI is InChI=1S/C14H18N2O4/c1-9-6-10(9)7-15-14(19)16-11-4-2-3-5-12(11)20-8-13(17)18/h2-5,9-10H,6-8H2,1H3,(H,17,18)(H2,15,16,19). The van der Waals surface area contributed by atoms with Crippen LogP contribution in [0.25, 0.3) is 0 Å². The number of amides is 2. The number of para-hydroxylation sites is 2. The van der Waals surface area contributed by atoms with Crippen LogP contribution >= 0.6 is 0 Å². The Morgan fingerprint density at radius 1 is 1.40 bits per heavy atom. The second-order valence-corrected chi connectivity index (χ2v) is 4.99. The number of carboxylic acids is 1. The molecule has 1 aromatic carbocycles. The molecule has 0 spiro atoms. The Hall–Kier alpha value is -2.24. The van der Waals surface area contributed by atoms with Crippen LogP contribution in [0.5, 0.6) is 5.75 Å². The van der Waals surface area contributed by atoms with Crippen LogP contribution in [0.15, 0.2) is 24.3 Å². The Labute approximate surface area is 117 Å². The third kappa shape index (κ3) is 4.15. The highest BCUT2D eigenvalue weighted by atomic mass is 16.5. The summed E-state index contributed by atoms with van der Waals surface area (Å²) in [6.45, 7) is 2.37. The number of urea groups is 1. The molecule has 2 amide bonds. The van der Waals surface area contributed by atoms with Crippen LogP contribution in [0.1, 0.15) is 13.3 Å². The number of hydrogen-bond acceptors (Lipinski definition) is 3. The minimum Gasteiger partial charge on any atom is -0.480 e. The van der Waals surface area contributed by atoms with Gasteiger partial charge in [0.1, 0.15) is 5.75 Å². The first-order valence-corrected chi connectivity index (χ1v) is 6.54. The number of carbonyl (C=O) groups is 2. The maximum absolute atomic E-state index is 11.7. The van der Waals surface area contributed by atoms with Gasteiger partial charge in [0.15, 0.2) is 6.61 Å². The zero-order chi connectivity index (χ0) is 14.5. The van der Waals surface area contributed by atoms with Crippen molar-refractivity contribution in [3.8, 4) is 5.75 Å². The molecule has 1 aromatic rings. The van der Waals surface area contributed by atoms with E-state index in [1.54, 1.807) is 24.3 Å². The van der Waals surface area contributed by atoms with Crippen molar-refractivity contribution >= 4 is 17.7 Å². The number of carbonyl (C=O) groups excluding carboxylic acids is 1. The summed E-state index contributed by atoms with van der Waals surface area (Å²) in [6, 6.07) is 6.42. The van der Waals surface area contributed by atoms with Gasteiger partial charge in [0.2, 0.25) is 0 Å². The smallest absolute Gasteiger partial charge is 0.341 e. The molecule has 0 heterocycles. The Balaban J connectivity index is 1.87. The van der Waals surface area contributed by atoms with Crippen LogP contribution in [0.4, 0.5) is 10.5 Å². The lowest BCUT2D eigenvalue weighted by atomic mass is 10.3. The van der Waals surface area contributed by atoms with E-state index in [0.29, 0.717) is 29.8 Å². The van der Waals surface area contributed by atoms with E-state index >= 15 is 0 Å². The fourth-order valence-electron chi connectivity index (χ4n) is 1.91. The Kier molecular flexibility index (Phi) is 4.45. The monoisotopic (exact) mass is 278 g/mol. The van der Waals surface area contributed by atoms with Gasteiger partial charge in [-0.2, -0.15) is 0 Å². The van der Waals surface area contributed by atoms with Gasteiger partial charge in [-0.15, -0.1) is 0 Å². The number of aliphatic carboxylic acids is 1. The lowest BCUT2D eigenvalue weighted by molar-refractivity contribution is -0.139. The molecule has 0 bridgehead atoms. The summed E-state index contributed by atoms with van der Waals surface area (Å²) in [4.78, 5) is 22.2. The van der Waals surface area contributed by atoms with Gasteiger partial charge in [0.25, 0.3) is 0 Å². The van der Waals surface area contributed by atoms with E-state index in [9.17, 15) is 9.59 Å². The molecule has 2 rings (SSSR count). The van der Waals surface area contributed by atoms with Gasteiger partial charge in [-0.05, 0) is 30.4 Å². The highest BCUT2D eigenvalue weighted by molar-refractivity contribution is 5.91. The number of anilines is 1. The fraction of sp³-hybridized carbons (Fsp3) is 0.429. The number of benzene rings is 1. The zero-order valence-electron chi connectivity index (χ0n) is 11.3. The van der Waals surface area contributed by atoms with Crippen LogP contribution in [-0.4, -0.2) is 30.3 Å². The summed E-state index contributed by atoms with van der Waals surface area (Å²) in [5.41, 5.74) is 0.454. The van der Waals surface area contributed by atoms with Crippen molar-refractivity contribution in [1.82, 2.24) is 5.32 Å². The van der Waals surface area contributed by atoms with Gasteiger partial charge in [-0.25, -0.2) is 9.59 Å². The number of nitrogens with one attached hydrogen (secondary N) is 2. The molecule has 0 saturated heterocycles. The number of hydrogen-bond donors (Lipinski definition) is 3. The van der Waals surface area contributed by atoms with Gasteiger partial charge >= 0.3 is 12.0 Å². The predicted octanol–water partition coefficient (Wildman–Crippen LogP) is 1.93. The quantitative estimate of drug-likeness (QED) is 0.742. The van der Waals surface area contributed by atoms with Crippen molar-refractivity contribution in [2.45, 2.75) is 13.3 Å². The first-order valence-electron chi connectivity index (χ1n) is 6.54. The summed E-state index contributed by atoms with van der Waals surface area (Å²) < 4.78 is 5.11. The van der Waals surface area contributed by atoms with Gasteiger partial charge in [-0.3, -0.25) is 0 Å². The van der Waals surface area contributed by atoms with E-state index in [-0.39, 0.29) is 6.03 Å². The summed E-state index contributed by atoms with van der Waals surface area (Å²) in [5, 5.41) is 14.1. The first kappa shape index (κ1) is 14.2. The summed E-state index contributed by atoms with van der Waals surface area (Å²) in [6.07, 6.45) is 1.15. The van der Waals surface area contributed by atoms with Gasteiger partial charge in [0, 0.05) is 6.54 Å². The SMILES string of the molecule is CC1CC1CNC(=O)Nc1ccccc1OCC(=O)O. The molecule has 6 heteroatoms. The molecule has 6 nitrogen and oxygen atoms in total. The zero-order valence-corrected chi connectivity index (χ0v) is 11.3. The molecule has 1 aliphatic rings. The molecule has 2 atom stereocenters. The van der Waals surface area contributed by atoms with Crippen LogP contribution in [0, 0.1) is 11.8 Å². The minimum atomic E-state index is -1.06. The van der Waals surface area contributed by atoms with E-state index < -0.39 is 12.6 Å². The second-order valence-electron chi connectivity index (χ2n) is 4.99. The van der Waals surface area contributed by atoms with Crippen LogP contribution in [0.3, 0.4) is 0 Å². The molecule has 0 radical (unpaired) electrons. The average Bonchev–Trinajstić information content (AvgIpc) is 3.11. The summed E-state index contributed by atoms with van der Waals surface area (Å²) >= 11 is 0. The third-order valence-corrected chi connectivity index (χ3v) is 3.29. The van der Waals surface area contributed by atoms with Crippen molar-refractivity contribution in [2.24, 2.45) is 11.8 Å². The lowest BCUT2D eigenvalue weighted by Crippen LogP contribution is -2.30. The van der Waals surface area contributed by atoms with Gasteiger partial charge in [-0.1, -0.05) is 19.1 Å². The molecule has 3 N–H and O–H groups in total. The minimum absolute atomic E-state index is 0.310. The van der Waals surface area contributed by atoms with Crippen molar-refractivity contribution in [3.05, 3.63) is 24.3 Å². The second kappa shape index (κ2) is 6.27. The van der Waals surface area contributed by atoms with E-state index in [2.05, 4.69) is 17.6 Å². The van der Waals surface area contributed by atoms with Gasteiger partial charge < -0.3 is 20.5 Å². The summed E-state index contributed by atoms with van der Waals surface area (Å²) in [5.74, 6) is 0.526. The van der Waals surface area contributed by atoms with E-state index in [0.717, 1.165) is 6.42 Å². The van der Waals surface area contributed by atoms with E-state index in [4.69, 9.17) is 9.84 Å².